The van der Waals surface area contributed by atoms with Gasteiger partial charge >= 0.3 is 11.9 Å². The van der Waals surface area contributed by atoms with Gasteiger partial charge in [0.2, 0.25) is 0 Å². The van der Waals surface area contributed by atoms with Gasteiger partial charge in [-0.2, -0.15) is 0 Å². The molecule has 334 valence electrons. The van der Waals surface area contributed by atoms with Gasteiger partial charge in [0.25, 0.3) is 0 Å². The lowest BCUT2D eigenvalue weighted by molar-refractivity contribution is -0.870. The summed E-state index contributed by atoms with van der Waals surface area (Å²) in [6.07, 6.45) is 50.1. The van der Waals surface area contributed by atoms with E-state index in [-0.39, 0.29) is 32.7 Å². The molecule has 0 aromatic heterocycles. The average molecular weight is 824 g/mol. The number of carbonyl (C=O) groups excluding carboxylic acids is 3. The summed E-state index contributed by atoms with van der Waals surface area (Å²) in [6.45, 7) is 4.42. The van der Waals surface area contributed by atoms with E-state index in [4.69, 9.17) is 18.9 Å². The second-order valence-electron chi connectivity index (χ2n) is 15.6. The van der Waals surface area contributed by atoms with Crippen LogP contribution >= 0.6 is 0 Å². The van der Waals surface area contributed by atoms with Gasteiger partial charge in [-0.1, -0.05) is 137 Å². The van der Waals surface area contributed by atoms with Crippen LogP contribution in [0.25, 0.3) is 0 Å². The highest BCUT2D eigenvalue weighted by molar-refractivity contribution is 5.70. The zero-order valence-corrected chi connectivity index (χ0v) is 37.6. The Labute approximate surface area is 359 Å². The summed E-state index contributed by atoms with van der Waals surface area (Å²) in [7, 11) is 5.88. The van der Waals surface area contributed by atoms with Crippen LogP contribution in [0.3, 0.4) is 0 Å². The van der Waals surface area contributed by atoms with Crippen molar-refractivity contribution in [2.75, 3.05) is 47.5 Å². The molecule has 0 amide bonds. The fourth-order valence-electron chi connectivity index (χ4n) is 5.40. The normalized spacial score (nSPS) is 13.8. The van der Waals surface area contributed by atoms with Crippen LogP contribution in [0.15, 0.2) is 97.2 Å². The van der Waals surface area contributed by atoms with Crippen molar-refractivity contribution in [3.8, 4) is 0 Å². The maximum Gasteiger partial charge on any atom is 0.306 e. The van der Waals surface area contributed by atoms with Gasteiger partial charge < -0.3 is 33.3 Å². The van der Waals surface area contributed by atoms with E-state index >= 15 is 0 Å². The van der Waals surface area contributed by atoms with E-state index in [2.05, 4.69) is 111 Å². The summed E-state index contributed by atoms with van der Waals surface area (Å²) in [5.74, 6) is -2.37. The number of carboxylic acid groups (broad SMARTS) is 1. The lowest BCUT2D eigenvalue weighted by atomic mass is 10.1. The van der Waals surface area contributed by atoms with Crippen molar-refractivity contribution in [2.45, 2.75) is 155 Å². The quantitative estimate of drug-likeness (QED) is 0.0198. The first-order chi connectivity index (χ1) is 28.6. The molecule has 0 heterocycles. The third kappa shape index (κ3) is 42.1. The maximum atomic E-state index is 12.7. The molecule has 0 spiro atoms. The molecule has 0 saturated heterocycles. The number of quaternary nitrogens is 1. The van der Waals surface area contributed by atoms with E-state index in [0.29, 0.717) is 23.9 Å². The fourth-order valence-corrected chi connectivity index (χ4v) is 5.40. The largest absolute Gasteiger partial charge is 0.545 e. The molecule has 9 nitrogen and oxygen atoms in total. The number of likely N-dealkylation sites (N-methyl/N-ethyl adjacent to an activating group) is 1. The Morgan fingerprint density at radius 3 is 1.34 bits per heavy atom. The summed E-state index contributed by atoms with van der Waals surface area (Å²) in [5.41, 5.74) is 0. The Balaban J connectivity index is 4.56. The third-order valence-electron chi connectivity index (χ3n) is 8.83. The minimum atomic E-state index is -1.64. The van der Waals surface area contributed by atoms with E-state index < -0.39 is 30.3 Å². The van der Waals surface area contributed by atoms with Gasteiger partial charge in [-0.25, -0.2) is 0 Å². The molecule has 0 radical (unpaired) electrons. The smallest absolute Gasteiger partial charge is 0.306 e. The van der Waals surface area contributed by atoms with Gasteiger partial charge in [0.1, 0.15) is 13.2 Å². The van der Waals surface area contributed by atoms with Crippen LogP contribution < -0.4 is 5.11 Å². The number of unbranched alkanes of at least 4 members (excludes halogenated alkanes) is 8. The molecule has 0 aromatic carbocycles. The number of hydrogen-bond donors (Lipinski definition) is 0. The van der Waals surface area contributed by atoms with E-state index in [0.717, 1.165) is 103 Å². The number of nitrogens with zero attached hydrogens (tertiary/aromatic N) is 1. The highest BCUT2D eigenvalue weighted by Gasteiger charge is 2.21. The molecule has 0 aliphatic heterocycles. The van der Waals surface area contributed by atoms with Crippen LogP contribution in [0.2, 0.25) is 0 Å². The Morgan fingerprint density at radius 1 is 0.508 bits per heavy atom. The second kappa shape index (κ2) is 41.0. The molecular weight excluding hydrogens is 743 g/mol. The molecule has 0 aromatic rings. The Bertz CT molecular complexity index is 1280. The lowest BCUT2D eigenvalue weighted by Crippen LogP contribution is -2.44. The molecule has 59 heavy (non-hydrogen) atoms. The van der Waals surface area contributed by atoms with E-state index in [1.807, 2.05) is 21.1 Å². The molecule has 0 N–H and O–H groups in total. The minimum absolute atomic E-state index is 0.132. The summed E-state index contributed by atoms with van der Waals surface area (Å²) >= 11 is 0. The van der Waals surface area contributed by atoms with Crippen LogP contribution in [-0.4, -0.2) is 82.3 Å². The Kier molecular flexibility index (Phi) is 38.3. The molecule has 0 rings (SSSR count). The zero-order valence-electron chi connectivity index (χ0n) is 37.6. The first-order valence-electron chi connectivity index (χ1n) is 22.4. The topological polar surface area (TPSA) is 111 Å². The van der Waals surface area contributed by atoms with Crippen LogP contribution in [0.5, 0.6) is 0 Å². The number of rotatable bonds is 39. The van der Waals surface area contributed by atoms with Gasteiger partial charge in [0.15, 0.2) is 12.4 Å². The predicted octanol–water partition coefficient (Wildman–Crippen LogP) is 10.5. The summed E-state index contributed by atoms with van der Waals surface area (Å²) in [6, 6.07) is 0. The monoisotopic (exact) mass is 824 g/mol. The standard InChI is InChI=1S/C50H81NO8/c1-6-8-10-12-14-16-18-20-22-24-26-28-30-32-34-36-38-40-47(52)57-44-46(45-58-50(49(54)55)56-43-42-51(3,4)5)59-48(53)41-39-37-35-33-31-29-27-25-23-21-19-17-15-13-11-9-7-2/h8-11,14-17,20-23,26-29,46,50H,6-7,12-13,18-19,24-25,30-45H2,1-5H3/b10-8-,11-9-,16-14-,17-15-,22-20-,23-21-,28-26-,29-27-. The van der Waals surface area contributed by atoms with Crippen molar-refractivity contribution >= 4 is 17.9 Å². The Morgan fingerprint density at radius 2 is 0.915 bits per heavy atom. The molecule has 0 bridgehead atoms. The number of allylic oxidation sites excluding steroid dienone is 16. The highest BCUT2D eigenvalue weighted by atomic mass is 16.7. The molecule has 2 unspecified atom stereocenters. The Hall–Kier alpha value is -3.79. The number of hydrogen-bond acceptors (Lipinski definition) is 8. The summed E-state index contributed by atoms with van der Waals surface area (Å²) in [4.78, 5) is 37.0. The van der Waals surface area contributed by atoms with Gasteiger partial charge in [0, 0.05) is 12.8 Å². The van der Waals surface area contributed by atoms with Crippen molar-refractivity contribution in [1.29, 1.82) is 0 Å². The van der Waals surface area contributed by atoms with Gasteiger partial charge in [0.05, 0.1) is 40.3 Å². The number of carboxylic acids is 1. The third-order valence-corrected chi connectivity index (χ3v) is 8.83. The minimum Gasteiger partial charge on any atom is -0.545 e. The SMILES string of the molecule is CC/C=C\C/C=C\C/C=C\C/C=C\CCCCCCC(=O)OCC(COC(OCC[N+](C)(C)C)C(=O)[O-])OC(=O)CCCCCC/C=C\C/C=C\C/C=C\C/C=C\CC. The molecule has 9 heteroatoms. The summed E-state index contributed by atoms with van der Waals surface area (Å²) in [5, 5.41) is 11.7. The molecule has 0 saturated carbocycles. The molecule has 0 fully saturated rings. The number of aliphatic carboxylic acids is 1. The average Bonchev–Trinajstić information content (AvgIpc) is 3.19. The zero-order chi connectivity index (χ0) is 43.5. The molecule has 2 atom stereocenters. The number of esters is 2. The molecule has 0 aliphatic rings. The number of ether oxygens (including phenoxy) is 4. The van der Waals surface area contributed by atoms with Gasteiger partial charge in [-0.3, -0.25) is 9.59 Å². The maximum absolute atomic E-state index is 12.7. The van der Waals surface area contributed by atoms with Crippen molar-refractivity contribution in [1.82, 2.24) is 0 Å². The second-order valence-corrected chi connectivity index (χ2v) is 15.6. The van der Waals surface area contributed by atoms with Crippen molar-refractivity contribution < 1.29 is 42.9 Å². The van der Waals surface area contributed by atoms with Crippen molar-refractivity contribution in [3.63, 3.8) is 0 Å². The van der Waals surface area contributed by atoms with Crippen molar-refractivity contribution in [3.05, 3.63) is 97.2 Å². The van der Waals surface area contributed by atoms with E-state index in [9.17, 15) is 19.5 Å². The van der Waals surface area contributed by atoms with Crippen LogP contribution in [0.4, 0.5) is 0 Å². The van der Waals surface area contributed by atoms with Crippen LogP contribution in [0.1, 0.15) is 142 Å². The highest BCUT2D eigenvalue weighted by Crippen LogP contribution is 2.11. The van der Waals surface area contributed by atoms with Gasteiger partial charge in [-0.05, 0) is 89.9 Å². The first-order valence-corrected chi connectivity index (χ1v) is 22.4. The fraction of sp³-hybridized carbons (Fsp3) is 0.620. The number of carbonyl (C=O) groups is 3. The van der Waals surface area contributed by atoms with E-state index in [1.54, 1.807) is 0 Å². The van der Waals surface area contributed by atoms with Crippen LogP contribution in [0, 0.1) is 0 Å². The lowest BCUT2D eigenvalue weighted by Gasteiger charge is -2.26. The molecule has 0 aliphatic carbocycles. The van der Waals surface area contributed by atoms with Crippen LogP contribution in [-0.2, 0) is 33.3 Å². The predicted molar refractivity (Wildman–Crippen MR) is 241 cm³/mol. The molecular formula is C50H81NO8. The van der Waals surface area contributed by atoms with E-state index in [1.165, 1.54) is 0 Å². The first kappa shape index (κ1) is 55.2. The van der Waals surface area contributed by atoms with Crippen molar-refractivity contribution in [2.24, 2.45) is 0 Å². The summed E-state index contributed by atoms with van der Waals surface area (Å²) < 4.78 is 22.5. The van der Waals surface area contributed by atoms with Gasteiger partial charge in [-0.15, -0.1) is 0 Å².